The number of pyridine rings is 2. The average Bonchev–Trinajstić information content (AvgIpc) is 2.99. The van der Waals surface area contributed by atoms with E-state index in [1.807, 2.05) is 49.0 Å². The smallest absolute Gasteiger partial charge is 0.227 e. The molecule has 0 N–H and O–H groups in total. The highest BCUT2D eigenvalue weighted by Gasteiger charge is 2.21. The highest BCUT2D eigenvalue weighted by molar-refractivity contribution is 6.08. The summed E-state index contributed by atoms with van der Waals surface area (Å²) in [6.07, 6.45) is 3.62. The summed E-state index contributed by atoms with van der Waals surface area (Å²) < 4.78 is 31.1. The van der Waals surface area contributed by atoms with E-state index in [1.165, 1.54) is 0 Å². The predicted octanol–water partition coefficient (Wildman–Crippen LogP) is 4.90. The normalized spacial score (nSPS) is 15.2. The third kappa shape index (κ3) is 2.20. The topological polar surface area (TPSA) is 29.9 Å². The van der Waals surface area contributed by atoms with E-state index in [9.17, 15) is 0 Å². The van der Waals surface area contributed by atoms with E-state index in [-0.39, 0.29) is 0 Å². The second-order valence-corrected chi connectivity index (χ2v) is 6.27. The van der Waals surface area contributed by atoms with Crippen molar-refractivity contribution in [3.05, 3.63) is 59.9 Å². The molecule has 0 spiro atoms. The number of aromatic nitrogens is 2. The summed E-state index contributed by atoms with van der Waals surface area (Å²) in [5, 5.41) is 2.02. The maximum Gasteiger partial charge on any atom is 0.227 e. The maximum atomic E-state index is 7.67. The SMILES string of the molecule is [2H]C([2H])([2H])C(C)c1ccc(-c2c(C)ccc3c2oc2ncccc23)[n+](C)c1. The minimum atomic E-state index is -2.02. The van der Waals surface area contributed by atoms with Crippen LogP contribution in [0.1, 0.15) is 34.9 Å². The largest absolute Gasteiger partial charge is 0.437 e. The standard InChI is InChI=1S/C21H21N2O/c1-13(2)15-8-10-18(23(4)12-15)19-14(3)7-9-16-17-6-5-11-22-21(17)24-20(16)19/h5-13H,1-4H3/q+1/i1D3. The molecule has 1 unspecified atom stereocenters. The Hall–Kier alpha value is -2.68. The van der Waals surface area contributed by atoms with Crippen molar-refractivity contribution in [3.8, 4) is 11.3 Å². The molecule has 3 nitrogen and oxygen atoms in total. The van der Waals surface area contributed by atoms with Crippen LogP contribution in [0.25, 0.3) is 33.3 Å². The van der Waals surface area contributed by atoms with E-state index < -0.39 is 12.8 Å². The molecule has 0 aliphatic rings. The summed E-state index contributed by atoms with van der Waals surface area (Å²) in [5.41, 5.74) is 5.27. The Bertz CT molecular complexity index is 1160. The van der Waals surface area contributed by atoms with Crippen molar-refractivity contribution in [1.29, 1.82) is 0 Å². The summed E-state index contributed by atoms with van der Waals surface area (Å²) >= 11 is 0. The molecule has 0 aliphatic carbocycles. The van der Waals surface area contributed by atoms with Gasteiger partial charge in [0.1, 0.15) is 7.05 Å². The summed E-state index contributed by atoms with van der Waals surface area (Å²) in [6, 6.07) is 11.9. The Morgan fingerprint density at radius 3 is 2.83 bits per heavy atom. The molecule has 4 aromatic rings. The van der Waals surface area contributed by atoms with Gasteiger partial charge in [-0.15, -0.1) is 0 Å². The maximum absolute atomic E-state index is 7.67. The number of nitrogens with zero attached hydrogens (tertiary/aromatic N) is 2. The summed E-state index contributed by atoms with van der Waals surface area (Å²) in [5.74, 6) is -0.523. The molecule has 1 aromatic carbocycles. The molecule has 3 heteroatoms. The minimum Gasteiger partial charge on any atom is -0.437 e. The number of furan rings is 1. The number of rotatable bonds is 2. The van der Waals surface area contributed by atoms with Crippen molar-refractivity contribution in [3.63, 3.8) is 0 Å². The molecule has 0 saturated carbocycles. The zero-order chi connectivity index (χ0) is 19.3. The Balaban J connectivity index is 1.93. The fraction of sp³-hybridized carbons (Fsp3) is 0.238. The summed E-state index contributed by atoms with van der Waals surface area (Å²) in [4.78, 5) is 4.33. The Morgan fingerprint density at radius 1 is 1.17 bits per heavy atom. The van der Waals surface area contributed by atoms with Gasteiger partial charge in [-0.1, -0.05) is 25.9 Å². The third-order valence-corrected chi connectivity index (χ3v) is 4.54. The number of hydrogen-bond acceptors (Lipinski definition) is 2. The van der Waals surface area contributed by atoms with Gasteiger partial charge in [-0.2, -0.15) is 0 Å². The zero-order valence-corrected chi connectivity index (χ0v) is 14.0. The summed E-state index contributed by atoms with van der Waals surface area (Å²) in [7, 11) is 1.93. The van der Waals surface area contributed by atoms with Crippen LogP contribution in [-0.2, 0) is 7.05 Å². The van der Waals surface area contributed by atoms with Gasteiger partial charge in [0, 0.05) is 32.7 Å². The molecule has 24 heavy (non-hydrogen) atoms. The van der Waals surface area contributed by atoms with Gasteiger partial charge in [0.15, 0.2) is 11.8 Å². The first-order valence-electron chi connectivity index (χ1n) is 9.54. The molecule has 0 bridgehead atoms. The molecule has 0 radical (unpaired) electrons. The second-order valence-electron chi connectivity index (χ2n) is 6.27. The molecule has 0 fully saturated rings. The van der Waals surface area contributed by atoms with Crippen molar-refractivity contribution in [1.82, 2.24) is 4.98 Å². The molecule has 1 atom stereocenters. The van der Waals surface area contributed by atoms with Crippen LogP contribution in [0.5, 0.6) is 0 Å². The molecule has 0 aliphatic heterocycles. The van der Waals surface area contributed by atoms with Crippen molar-refractivity contribution >= 4 is 22.1 Å². The van der Waals surface area contributed by atoms with Gasteiger partial charge in [-0.25, -0.2) is 9.55 Å². The first kappa shape index (κ1) is 11.8. The van der Waals surface area contributed by atoms with Crippen LogP contribution >= 0.6 is 0 Å². The van der Waals surface area contributed by atoms with E-state index >= 15 is 0 Å². The first-order valence-corrected chi connectivity index (χ1v) is 8.04. The molecular formula is C21H21N2O+. The molecule has 3 heterocycles. The van der Waals surface area contributed by atoms with Gasteiger partial charge in [0.2, 0.25) is 11.4 Å². The Labute approximate surface area is 145 Å². The second kappa shape index (κ2) is 5.45. The number of benzene rings is 1. The quantitative estimate of drug-likeness (QED) is 0.491. The fourth-order valence-corrected chi connectivity index (χ4v) is 3.24. The van der Waals surface area contributed by atoms with Crippen LogP contribution in [-0.4, -0.2) is 4.98 Å². The first-order chi connectivity index (χ1) is 12.8. The number of hydrogen-bond donors (Lipinski definition) is 0. The van der Waals surface area contributed by atoms with Crippen molar-refractivity contribution in [2.24, 2.45) is 7.05 Å². The average molecular weight is 320 g/mol. The van der Waals surface area contributed by atoms with Crippen LogP contribution < -0.4 is 4.57 Å². The minimum absolute atomic E-state index is 0.523. The van der Waals surface area contributed by atoms with Crippen molar-refractivity contribution in [2.75, 3.05) is 0 Å². The van der Waals surface area contributed by atoms with Crippen molar-refractivity contribution in [2.45, 2.75) is 26.6 Å². The van der Waals surface area contributed by atoms with Gasteiger partial charge in [0.05, 0.1) is 5.56 Å². The molecule has 0 amide bonds. The molecular weight excluding hydrogens is 296 g/mol. The van der Waals surface area contributed by atoms with Crippen LogP contribution in [0.3, 0.4) is 0 Å². The van der Waals surface area contributed by atoms with E-state index in [1.54, 1.807) is 13.1 Å². The van der Waals surface area contributed by atoms with Crippen molar-refractivity contribution < 1.29 is 13.1 Å². The van der Waals surface area contributed by atoms with Gasteiger partial charge < -0.3 is 4.42 Å². The van der Waals surface area contributed by atoms with E-state index in [0.717, 1.165) is 38.7 Å². The lowest BCUT2D eigenvalue weighted by Crippen LogP contribution is -2.31. The monoisotopic (exact) mass is 320 g/mol. The zero-order valence-electron chi connectivity index (χ0n) is 17.0. The fourth-order valence-electron chi connectivity index (χ4n) is 3.24. The van der Waals surface area contributed by atoms with Gasteiger partial charge in [0.25, 0.3) is 0 Å². The molecule has 3 aromatic heterocycles. The van der Waals surface area contributed by atoms with Gasteiger partial charge >= 0.3 is 0 Å². The lowest BCUT2D eigenvalue weighted by atomic mass is 9.99. The highest BCUT2D eigenvalue weighted by Crippen LogP contribution is 2.36. The molecule has 0 saturated heterocycles. The Morgan fingerprint density at radius 2 is 2.04 bits per heavy atom. The number of fused-ring (bicyclic) bond motifs is 3. The van der Waals surface area contributed by atoms with Gasteiger partial charge in [-0.3, -0.25) is 0 Å². The van der Waals surface area contributed by atoms with E-state index in [0.29, 0.717) is 5.71 Å². The van der Waals surface area contributed by atoms with E-state index in [4.69, 9.17) is 8.53 Å². The summed E-state index contributed by atoms with van der Waals surface area (Å²) in [6.45, 7) is 1.77. The number of aryl methyl sites for hydroxylation is 2. The predicted molar refractivity (Wildman–Crippen MR) is 97.0 cm³/mol. The van der Waals surface area contributed by atoms with Crippen LogP contribution in [0.15, 0.2) is 53.2 Å². The third-order valence-electron chi connectivity index (χ3n) is 4.54. The Kier molecular flexibility index (Phi) is 2.68. The highest BCUT2D eigenvalue weighted by atomic mass is 16.3. The van der Waals surface area contributed by atoms with Gasteiger partial charge in [-0.05, 0) is 36.6 Å². The van der Waals surface area contributed by atoms with Crippen LogP contribution in [0.4, 0.5) is 0 Å². The van der Waals surface area contributed by atoms with E-state index in [2.05, 4.69) is 17.1 Å². The molecule has 4 rings (SSSR count). The molecule has 120 valence electrons. The van der Waals surface area contributed by atoms with Crippen LogP contribution in [0.2, 0.25) is 0 Å². The lowest BCUT2D eigenvalue weighted by molar-refractivity contribution is -0.660. The lowest BCUT2D eigenvalue weighted by Gasteiger charge is -2.08. The van der Waals surface area contributed by atoms with Crippen LogP contribution in [0, 0.1) is 6.92 Å².